The lowest BCUT2D eigenvalue weighted by Gasteiger charge is -2.08. The lowest BCUT2D eigenvalue weighted by atomic mass is 10.2. The topological polar surface area (TPSA) is 60.0 Å². The number of nitrogens with two attached hydrogens (primary N) is 1. The molecule has 0 unspecified atom stereocenters. The van der Waals surface area contributed by atoms with E-state index >= 15 is 0 Å². The Balaban J connectivity index is 2.20. The molecule has 1 aromatic carbocycles. The lowest BCUT2D eigenvalue weighted by Crippen LogP contribution is -2.11. The summed E-state index contributed by atoms with van der Waals surface area (Å²) in [5.41, 5.74) is 6.57. The van der Waals surface area contributed by atoms with E-state index in [9.17, 15) is 0 Å². The van der Waals surface area contributed by atoms with Crippen LogP contribution in [-0.4, -0.2) is 18.7 Å². The maximum Gasteiger partial charge on any atom is 0.237 e. The highest BCUT2D eigenvalue weighted by Crippen LogP contribution is 2.17. The molecule has 0 saturated heterocycles. The number of aliphatic imine (C=N–C) groups is 2. The smallest absolute Gasteiger partial charge is 0.237 e. The summed E-state index contributed by atoms with van der Waals surface area (Å²) >= 11 is 0. The zero-order valence-electron chi connectivity index (χ0n) is 8.84. The zero-order chi connectivity index (χ0) is 11.2. The number of hydrogen-bond acceptors (Lipinski definition) is 4. The Labute approximate surface area is 94.2 Å². The maximum atomic E-state index is 5.63. The Morgan fingerprint density at radius 3 is 3.06 bits per heavy atom. The van der Waals surface area contributed by atoms with Gasteiger partial charge in [0.25, 0.3) is 0 Å². The van der Waals surface area contributed by atoms with Crippen molar-refractivity contribution in [3.63, 3.8) is 0 Å². The molecule has 2 N–H and O–H groups in total. The van der Waals surface area contributed by atoms with Crippen LogP contribution >= 0.6 is 0 Å². The molecule has 2 rings (SSSR count). The molecule has 1 aromatic rings. The van der Waals surface area contributed by atoms with Crippen molar-refractivity contribution < 1.29 is 4.74 Å². The first kappa shape index (κ1) is 10.6. The van der Waals surface area contributed by atoms with Crippen LogP contribution in [0.5, 0.6) is 5.75 Å². The van der Waals surface area contributed by atoms with Crippen molar-refractivity contribution in [2.24, 2.45) is 15.7 Å². The fraction of sp³-hybridized carbons (Fsp3) is 0.167. The second kappa shape index (κ2) is 5.23. The summed E-state index contributed by atoms with van der Waals surface area (Å²) in [4.78, 5) is 8.22. The first-order chi connectivity index (χ1) is 7.90. The van der Waals surface area contributed by atoms with Crippen LogP contribution in [0.25, 0.3) is 0 Å². The average Bonchev–Trinajstić information content (AvgIpc) is 2.58. The maximum absolute atomic E-state index is 5.63. The van der Waals surface area contributed by atoms with Crippen LogP contribution in [0.4, 0.5) is 0 Å². The molecule has 16 heavy (non-hydrogen) atoms. The van der Waals surface area contributed by atoms with Crippen molar-refractivity contribution in [3.05, 3.63) is 42.1 Å². The van der Waals surface area contributed by atoms with Gasteiger partial charge >= 0.3 is 0 Å². The first-order valence-corrected chi connectivity index (χ1v) is 5.08. The van der Waals surface area contributed by atoms with Crippen molar-refractivity contribution >= 4 is 12.1 Å². The molecule has 1 heterocycles. The van der Waals surface area contributed by atoms with E-state index < -0.39 is 0 Å². The molecule has 0 aliphatic carbocycles. The number of para-hydroxylation sites is 1. The van der Waals surface area contributed by atoms with Crippen LogP contribution < -0.4 is 10.5 Å². The van der Waals surface area contributed by atoms with Crippen LogP contribution in [0.1, 0.15) is 5.56 Å². The molecule has 0 radical (unpaired) electrons. The third kappa shape index (κ3) is 2.55. The predicted molar refractivity (Wildman–Crippen MR) is 64.9 cm³/mol. The van der Waals surface area contributed by atoms with E-state index in [-0.39, 0.29) is 0 Å². The number of nitrogens with zero attached hydrogens (tertiary/aromatic N) is 2. The number of rotatable bonds is 2. The van der Waals surface area contributed by atoms with E-state index in [0.717, 1.165) is 11.3 Å². The molecule has 4 heteroatoms. The molecule has 4 nitrogen and oxygen atoms in total. The largest absolute Gasteiger partial charge is 0.437 e. The third-order valence-electron chi connectivity index (χ3n) is 2.13. The minimum atomic E-state index is 0.441. The van der Waals surface area contributed by atoms with E-state index in [4.69, 9.17) is 10.5 Å². The summed E-state index contributed by atoms with van der Waals surface area (Å²) in [5.74, 6) is 1.21. The van der Waals surface area contributed by atoms with Crippen LogP contribution in [0.2, 0.25) is 0 Å². The van der Waals surface area contributed by atoms with Gasteiger partial charge in [-0.3, -0.25) is 4.99 Å². The Morgan fingerprint density at radius 1 is 1.31 bits per heavy atom. The highest BCUT2D eigenvalue weighted by molar-refractivity contribution is 6.27. The Morgan fingerprint density at radius 2 is 2.19 bits per heavy atom. The van der Waals surface area contributed by atoms with E-state index in [2.05, 4.69) is 9.98 Å². The van der Waals surface area contributed by atoms with Crippen molar-refractivity contribution in [2.45, 2.75) is 6.54 Å². The van der Waals surface area contributed by atoms with Crippen molar-refractivity contribution in [1.82, 2.24) is 0 Å². The monoisotopic (exact) mass is 215 g/mol. The van der Waals surface area contributed by atoms with E-state index in [0.29, 0.717) is 19.0 Å². The summed E-state index contributed by atoms with van der Waals surface area (Å²) in [6.07, 6.45) is 5.17. The normalized spacial score (nSPS) is 14.4. The van der Waals surface area contributed by atoms with Crippen LogP contribution in [0.3, 0.4) is 0 Å². The van der Waals surface area contributed by atoms with E-state index in [1.807, 2.05) is 30.3 Å². The number of hydrogen-bond donors (Lipinski definition) is 1. The lowest BCUT2D eigenvalue weighted by molar-refractivity contribution is 0.553. The summed E-state index contributed by atoms with van der Waals surface area (Å²) in [6.45, 7) is 1.07. The standard InChI is InChI=1S/C12H13N3O/c13-8-10-4-1-2-5-11(10)16-12-9-14-6-3-7-15-12/h1-5,7,9H,6,8,13H2. The molecule has 0 atom stereocenters. The van der Waals surface area contributed by atoms with Gasteiger partial charge in [0, 0.05) is 18.3 Å². The quantitative estimate of drug-likeness (QED) is 0.813. The second-order valence-electron chi connectivity index (χ2n) is 3.26. The van der Waals surface area contributed by atoms with Crippen molar-refractivity contribution in [1.29, 1.82) is 0 Å². The molecular formula is C12H13N3O. The Bertz CT molecular complexity index is 449. The molecule has 0 spiro atoms. The van der Waals surface area contributed by atoms with Gasteiger partial charge in [-0.15, -0.1) is 0 Å². The van der Waals surface area contributed by atoms with Crippen LogP contribution in [0.15, 0.2) is 46.5 Å². The fourth-order valence-corrected chi connectivity index (χ4v) is 1.34. The van der Waals surface area contributed by atoms with E-state index in [1.54, 1.807) is 12.4 Å². The van der Waals surface area contributed by atoms with Gasteiger partial charge < -0.3 is 10.5 Å². The molecule has 0 amide bonds. The number of ether oxygens (including phenoxy) is 1. The SMILES string of the molecule is NCc1ccccc1OC1=NC=CCN=C1. The second-order valence-corrected chi connectivity index (χ2v) is 3.26. The van der Waals surface area contributed by atoms with Gasteiger partial charge in [0.2, 0.25) is 5.90 Å². The summed E-state index contributed by atoms with van der Waals surface area (Å²) in [5, 5.41) is 0. The Hall–Kier alpha value is -1.94. The Kier molecular flexibility index (Phi) is 3.46. The highest BCUT2D eigenvalue weighted by Gasteiger charge is 2.04. The molecule has 0 saturated carbocycles. The summed E-state index contributed by atoms with van der Waals surface area (Å²) in [7, 11) is 0. The molecule has 82 valence electrons. The average molecular weight is 215 g/mol. The van der Waals surface area contributed by atoms with Gasteiger partial charge in [-0.2, -0.15) is 0 Å². The molecule has 1 aliphatic heterocycles. The van der Waals surface area contributed by atoms with Gasteiger partial charge in [0.05, 0.1) is 12.8 Å². The van der Waals surface area contributed by atoms with Gasteiger partial charge in [0.15, 0.2) is 0 Å². The third-order valence-corrected chi connectivity index (χ3v) is 2.13. The van der Waals surface area contributed by atoms with Crippen LogP contribution in [0, 0.1) is 0 Å². The first-order valence-electron chi connectivity index (χ1n) is 5.08. The fourth-order valence-electron chi connectivity index (χ4n) is 1.34. The highest BCUT2D eigenvalue weighted by atomic mass is 16.5. The molecule has 0 bridgehead atoms. The predicted octanol–water partition coefficient (Wildman–Crippen LogP) is 1.52. The number of benzene rings is 1. The van der Waals surface area contributed by atoms with Gasteiger partial charge in [-0.05, 0) is 12.1 Å². The van der Waals surface area contributed by atoms with Gasteiger partial charge in [0.1, 0.15) is 5.75 Å². The summed E-state index contributed by atoms with van der Waals surface area (Å²) < 4.78 is 5.63. The zero-order valence-corrected chi connectivity index (χ0v) is 8.84. The molecule has 0 fully saturated rings. The van der Waals surface area contributed by atoms with Crippen LogP contribution in [-0.2, 0) is 6.54 Å². The molecule has 1 aliphatic rings. The van der Waals surface area contributed by atoms with Crippen molar-refractivity contribution in [2.75, 3.05) is 6.54 Å². The molecule has 0 aromatic heterocycles. The van der Waals surface area contributed by atoms with Crippen molar-refractivity contribution in [3.8, 4) is 5.75 Å². The van der Waals surface area contributed by atoms with E-state index in [1.165, 1.54) is 0 Å². The van der Waals surface area contributed by atoms with Gasteiger partial charge in [-0.25, -0.2) is 4.99 Å². The minimum Gasteiger partial charge on any atom is -0.437 e. The van der Waals surface area contributed by atoms with Gasteiger partial charge in [-0.1, -0.05) is 18.2 Å². The minimum absolute atomic E-state index is 0.441. The summed E-state index contributed by atoms with van der Waals surface area (Å²) in [6, 6.07) is 7.63. The molecular weight excluding hydrogens is 202 g/mol.